The van der Waals surface area contributed by atoms with Crippen molar-refractivity contribution >= 4 is 16.7 Å². The highest BCUT2D eigenvalue weighted by Crippen LogP contribution is 2.15. The highest BCUT2D eigenvalue weighted by molar-refractivity contribution is 6.04. The number of rotatable bonds is 4. The number of carbonyl (C=O) groups excluding carboxylic acids is 1. The molecule has 0 saturated heterocycles. The quantitative estimate of drug-likeness (QED) is 0.784. The van der Waals surface area contributed by atoms with E-state index in [1.165, 1.54) is 10.2 Å². The van der Waals surface area contributed by atoms with E-state index < -0.39 is 0 Å². The highest BCUT2D eigenvalue weighted by Gasteiger charge is 2.17. The number of aromatic nitrogens is 2. The summed E-state index contributed by atoms with van der Waals surface area (Å²) in [6, 6.07) is 13.1. The molecule has 1 heterocycles. The summed E-state index contributed by atoms with van der Waals surface area (Å²) in [4.78, 5) is 25.4. The second-order valence-corrected chi connectivity index (χ2v) is 6.85. The molecule has 5 nitrogen and oxygen atoms in total. The lowest BCUT2D eigenvalue weighted by Gasteiger charge is -2.14. The fraction of sp³-hybridized carbons (Fsp3) is 0.286. The van der Waals surface area contributed by atoms with Crippen molar-refractivity contribution in [2.24, 2.45) is 0 Å². The largest absolute Gasteiger partial charge is 0.347 e. The lowest BCUT2D eigenvalue weighted by molar-refractivity contribution is 0.0945. The molecule has 0 aliphatic rings. The van der Waals surface area contributed by atoms with Gasteiger partial charge in [-0.3, -0.25) is 9.59 Å². The Hall–Kier alpha value is -2.95. The van der Waals surface area contributed by atoms with E-state index in [-0.39, 0.29) is 23.2 Å². The van der Waals surface area contributed by atoms with Crippen LogP contribution in [0.4, 0.5) is 0 Å². The molecule has 0 fully saturated rings. The molecule has 0 radical (unpaired) electrons. The Bertz CT molecular complexity index is 1040. The highest BCUT2D eigenvalue weighted by atomic mass is 16.2. The van der Waals surface area contributed by atoms with Crippen LogP contribution in [0.25, 0.3) is 10.8 Å². The Balaban J connectivity index is 1.97. The summed E-state index contributed by atoms with van der Waals surface area (Å²) in [7, 11) is 0. The lowest BCUT2D eigenvalue weighted by atomic mass is 10.1. The standard InChI is InChI=1S/C21H23N3O2/c1-13(2)24-21(26)18-8-6-5-7-17(18)19(23-24)20(25)22-12-16-10-9-14(3)11-15(16)4/h5-11,13H,12H2,1-4H3,(H,22,25). The molecule has 0 atom stereocenters. The summed E-state index contributed by atoms with van der Waals surface area (Å²) in [6.45, 7) is 8.24. The second kappa shape index (κ2) is 7.12. The molecule has 134 valence electrons. The fourth-order valence-electron chi connectivity index (χ4n) is 3.03. The van der Waals surface area contributed by atoms with Gasteiger partial charge in [-0.2, -0.15) is 5.10 Å². The van der Waals surface area contributed by atoms with Gasteiger partial charge >= 0.3 is 0 Å². The number of aryl methyl sites for hydroxylation is 2. The first-order valence-electron chi connectivity index (χ1n) is 8.74. The molecule has 5 heteroatoms. The van der Waals surface area contributed by atoms with Gasteiger partial charge < -0.3 is 5.32 Å². The van der Waals surface area contributed by atoms with Gasteiger partial charge in [-0.1, -0.05) is 42.0 Å². The van der Waals surface area contributed by atoms with Gasteiger partial charge in [0.25, 0.3) is 11.5 Å². The van der Waals surface area contributed by atoms with Gasteiger partial charge in [0.15, 0.2) is 5.69 Å². The minimum Gasteiger partial charge on any atom is -0.347 e. The average molecular weight is 349 g/mol. The molecule has 0 spiro atoms. The third-order valence-corrected chi connectivity index (χ3v) is 4.47. The maximum atomic E-state index is 12.8. The van der Waals surface area contributed by atoms with Crippen LogP contribution in [0.1, 0.15) is 47.1 Å². The van der Waals surface area contributed by atoms with Crippen LogP contribution in [-0.2, 0) is 6.54 Å². The molecule has 0 aliphatic heterocycles. The zero-order valence-electron chi connectivity index (χ0n) is 15.5. The maximum absolute atomic E-state index is 12.8. The molecule has 0 unspecified atom stereocenters. The number of hydrogen-bond acceptors (Lipinski definition) is 3. The van der Waals surface area contributed by atoms with Crippen LogP contribution in [0.5, 0.6) is 0 Å². The van der Waals surface area contributed by atoms with Gasteiger partial charge in [-0.25, -0.2) is 4.68 Å². The Kier molecular flexibility index (Phi) is 4.89. The third-order valence-electron chi connectivity index (χ3n) is 4.47. The minimum atomic E-state index is -0.282. The molecule has 1 N–H and O–H groups in total. The van der Waals surface area contributed by atoms with Gasteiger partial charge in [0, 0.05) is 11.9 Å². The van der Waals surface area contributed by atoms with Crippen LogP contribution in [0.15, 0.2) is 47.3 Å². The summed E-state index contributed by atoms with van der Waals surface area (Å²) in [6.07, 6.45) is 0. The SMILES string of the molecule is Cc1ccc(CNC(=O)c2nn(C(C)C)c(=O)c3ccccc23)c(C)c1. The normalized spacial score (nSPS) is 11.1. The zero-order valence-corrected chi connectivity index (χ0v) is 15.5. The third kappa shape index (κ3) is 3.38. The minimum absolute atomic E-state index is 0.127. The average Bonchev–Trinajstić information content (AvgIpc) is 2.61. The van der Waals surface area contributed by atoms with Crippen LogP contribution < -0.4 is 10.9 Å². The molecule has 26 heavy (non-hydrogen) atoms. The van der Waals surface area contributed by atoms with Gasteiger partial charge in [-0.05, 0) is 44.9 Å². The molecule has 0 saturated carbocycles. The number of nitrogens with zero attached hydrogens (tertiary/aromatic N) is 2. The number of nitrogens with one attached hydrogen (secondary N) is 1. The Labute approximate surface area is 152 Å². The summed E-state index contributed by atoms with van der Waals surface area (Å²) < 4.78 is 1.37. The van der Waals surface area contributed by atoms with E-state index in [4.69, 9.17) is 0 Å². The van der Waals surface area contributed by atoms with E-state index in [2.05, 4.69) is 16.5 Å². The van der Waals surface area contributed by atoms with E-state index >= 15 is 0 Å². The van der Waals surface area contributed by atoms with Gasteiger partial charge in [-0.15, -0.1) is 0 Å². The van der Waals surface area contributed by atoms with Crippen molar-refractivity contribution in [1.29, 1.82) is 0 Å². The summed E-state index contributed by atoms with van der Waals surface area (Å²) >= 11 is 0. The Morgan fingerprint density at radius 2 is 1.81 bits per heavy atom. The number of hydrogen-bond donors (Lipinski definition) is 1. The molecular formula is C21H23N3O2. The van der Waals surface area contributed by atoms with Crippen molar-refractivity contribution in [3.05, 3.63) is 75.2 Å². The summed E-state index contributed by atoms with van der Waals surface area (Å²) in [5.41, 5.74) is 3.48. The van der Waals surface area contributed by atoms with Crippen molar-refractivity contribution in [3.63, 3.8) is 0 Å². The van der Waals surface area contributed by atoms with Crippen LogP contribution in [0.2, 0.25) is 0 Å². The summed E-state index contributed by atoms with van der Waals surface area (Å²) in [5, 5.41) is 8.36. The van der Waals surface area contributed by atoms with Crippen LogP contribution >= 0.6 is 0 Å². The van der Waals surface area contributed by atoms with Crippen molar-refractivity contribution < 1.29 is 4.79 Å². The first-order chi connectivity index (χ1) is 12.4. The van der Waals surface area contributed by atoms with Gasteiger partial charge in [0.1, 0.15) is 0 Å². The van der Waals surface area contributed by atoms with Gasteiger partial charge in [0.2, 0.25) is 0 Å². The van der Waals surface area contributed by atoms with Crippen molar-refractivity contribution in [2.45, 2.75) is 40.3 Å². The predicted octanol–water partition coefficient (Wildman–Crippen LogP) is 3.52. The van der Waals surface area contributed by atoms with Gasteiger partial charge in [0.05, 0.1) is 11.4 Å². The monoisotopic (exact) mass is 349 g/mol. The number of benzene rings is 2. The molecule has 0 aliphatic carbocycles. The molecule has 3 rings (SSSR count). The van der Waals surface area contributed by atoms with E-state index in [1.54, 1.807) is 18.2 Å². The topological polar surface area (TPSA) is 64.0 Å². The molecular weight excluding hydrogens is 326 g/mol. The molecule has 0 bridgehead atoms. The second-order valence-electron chi connectivity index (χ2n) is 6.85. The Morgan fingerprint density at radius 3 is 2.46 bits per heavy atom. The number of fused-ring (bicyclic) bond motifs is 1. The lowest BCUT2D eigenvalue weighted by Crippen LogP contribution is -2.31. The van der Waals surface area contributed by atoms with E-state index in [0.29, 0.717) is 17.3 Å². The molecule has 1 aromatic heterocycles. The number of carbonyl (C=O) groups is 1. The summed E-state index contributed by atoms with van der Waals surface area (Å²) in [5.74, 6) is -0.282. The molecule has 3 aromatic rings. The van der Waals surface area contributed by atoms with Crippen molar-refractivity contribution in [1.82, 2.24) is 15.1 Å². The molecule has 1 amide bonds. The van der Waals surface area contributed by atoms with Crippen LogP contribution in [-0.4, -0.2) is 15.7 Å². The smallest absolute Gasteiger partial charge is 0.274 e. The van der Waals surface area contributed by atoms with E-state index in [1.807, 2.05) is 45.9 Å². The fourth-order valence-corrected chi connectivity index (χ4v) is 3.03. The molecule has 2 aromatic carbocycles. The van der Waals surface area contributed by atoms with Crippen molar-refractivity contribution in [3.8, 4) is 0 Å². The zero-order chi connectivity index (χ0) is 18.8. The van der Waals surface area contributed by atoms with Crippen LogP contribution in [0.3, 0.4) is 0 Å². The Morgan fingerprint density at radius 1 is 1.12 bits per heavy atom. The first-order valence-corrected chi connectivity index (χ1v) is 8.74. The van der Waals surface area contributed by atoms with E-state index in [0.717, 1.165) is 11.1 Å². The predicted molar refractivity (Wildman–Crippen MR) is 103 cm³/mol. The van der Waals surface area contributed by atoms with E-state index in [9.17, 15) is 9.59 Å². The van der Waals surface area contributed by atoms with Crippen LogP contribution in [0, 0.1) is 13.8 Å². The van der Waals surface area contributed by atoms with Crippen molar-refractivity contribution in [2.75, 3.05) is 0 Å². The maximum Gasteiger partial charge on any atom is 0.274 e. The number of amides is 1. The first kappa shape index (κ1) is 17.9.